The molecule has 1 N–H and O–H groups in total. The van der Waals surface area contributed by atoms with Gasteiger partial charge in [-0.25, -0.2) is 0 Å². The molecule has 1 rings (SSSR count). The molecule has 0 aromatic carbocycles. The molecule has 0 atom stereocenters. The van der Waals surface area contributed by atoms with Gasteiger partial charge >= 0.3 is 0 Å². The Bertz CT molecular complexity index is 167. The molecule has 0 amide bonds. The maximum absolute atomic E-state index is 8.39. The van der Waals surface area contributed by atoms with Crippen molar-refractivity contribution in [1.82, 2.24) is 0 Å². The predicted molar refractivity (Wildman–Crippen MR) is 28.8 cm³/mol. The lowest BCUT2D eigenvalue weighted by Crippen LogP contribution is -1.75. The molecule has 0 bridgehead atoms. The van der Waals surface area contributed by atoms with Crippen molar-refractivity contribution < 1.29 is 9.52 Å². The van der Waals surface area contributed by atoms with E-state index in [1.165, 1.54) is 6.26 Å². The van der Waals surface area contributed by atoms with Gasteiger partial charge in [0.25, 0.3) is 0 Å². The Morgan fingerprint density at radius 1 is 1.75 bits per heavy atom. The Morgan fingerprint density at radius 3 is 2.75 bits per heavy atom. The van der Waals surface area contributed by atoms with Crippen LogP contribution in [0.15, 0.2) is 16.7 Å². The van der Waals surface area contributed by atoms with E-state index >= 15 is 0 Å². The van der Waals surface area contributed by atoms with Crippen LogP contribution in [0.2, 0.25) is 0 Å². The van der Waals surface area contributed by atoms with E-state index in [1.807, 2.05) is 6.92 Å². The number of hydrogen-bond donors (Lipinski definition) is 1. The smallest absolute Gasteiger partial charge is 0.145 e. The van der Waals surface area contributed by atoms with Crippen LogP contribution in [0.25, 0.3) is 0 Å². The van der Waals surface area contributed by atoms with Crippen molar-refractivity contribution >= 4 is 0 Å². The Balaban J connectivity index is 2.92. The fourth-order valence-corrected chi connectivity index (χ4v) is 0.517. The Hall–Kier alpha value is -0.760. The normalized spacial score (nSPS) is 9.75. The van der Waals surface area contributed by atoms with E-state index in [1.54, 1.807) is 6.07 Å². The summed E-state index contributed by atoms with van der Waals surface area (Å²) >= 11 is 0. The molecule has 1 aromatic heterocycles. The lowest BCUT2D eigenvalue weighted by molar-refractivity contribution is 0.371. The third kappa shape index (κ3) is 0.746. The molecule has 0 saturated carbocycles. The highest BCUT2D eigenvalue weighted by atomic mass is 16.4. The molecular formula is C6H7O2. The van der Waals surface area contributed by atoms with Gasteiger partial charge in [-0.15, -0.1) is 0 Å². The molecule has 1 radical (unpaired) electrons. The van der Waals surface area contributed by atoms with E-state index in [2.05, 4.69) is 0 Å². The first kappa shape index (κ1) is 5.38. The van der Waals surface area contributed by atoms with Crippen LogP contribution >= 0.6 is 0 Å². The Kier molecular flexibility index (Phi) is 1.35. The van der Waals surface area contributed by atoms with Gasteiger partial charge in [0.05, 0.1) is 6.26 Å². The van der Waals surface area contributed by atoms with Crippen LogP contribution in [-0.4, -0.2) is 5.11 Å². The summed E-state index contributed by atoms with van der Waals surface area (Å²) in [4.78, 5) is 0. The fourth-order valence-electron chi connectivity index (χ4n) is 0.517. The van der Waals surface area contributed by atoms with E-state index in [9.17, 15) is 0 Å². The molecule has 2 nitrogen and oxygen atoms in total. The predicted octanol–water partition coefficient (Wildman–Crippen LogP) is 1.47. The summed E-state index contributed by atoms with van der Waals surface area (Å²) in [7, 11) is 0. The number of hydrogen-bond acceptors (Lipinski definition) is 2. The molecule has 43 valence electrons. The Labute approximate surface area is 47.7 Å². The standard InChI is InChI=1S/C6H7O2/c1-5-2-3-8-6(5)4-7/h2-4,7H,1H3. The zero-order chi connectivity index (χ0) is 5.98. The molecule has 0 spiro atoms. The van der Waals surface area contributed by atoms with Gasteiger partial charge in [0.15, 0.2) is 0 Å². The largest absolute Gasteiger partial charge is 0.466 e. The average Bonchev–Trinajstić information content (AvgIpc) is 2.14. The van der Waals surface area contributed by atoms with Gasteiger partial charge in [0, 0.05) is 0 Å². The minimum absolute atomic E-state index is 0.532. The number of aliphatic hydroxyl groups excluding tert-OH is 1. The molecule has 0 saturated heterocycles. The Morgan fingerprint density at radius 2 is 2.50 bits per heavy atom. The zero-order valence-corrected chi connectivity index (χ0v) is 4.59. The molecule has 0 aliphatic carbocycles. The van der Waals surface area contributed by atoms with Crippen molar-refractivity contribution in [1.29, 1.82) is 0 Å². The molecule has 2 heteroatoms. The average molecular weight is 111 g/mol. The number of aryl methyl sites for hydroxylation is 1. The maximum Gasteiger partial charge on any atom is 0.145 e. The van der Waals surface area contributed by atoms with Gasteiger partial charge in [0.1, 0.15) is 12.4 Å². The van der Waals surface area contributed by atoms with Crippen molar-refractivity contribution in [3.8, 4) is 0 Å². The molecule has 0 unspecified atom stereocenters. The summed E-state index contributed by atoms with van der Waals surface area (Å²) in [5.41, 5.74) is 0.951. The van der Waals surface area contributed by atoms with Crippen molar-refractivity contribution in [2.24, 2.45) is 0 Å². The van der Waals surface area contributed by atoms with E-state index in [-0.39, 0.29) is 0 Å². The highest BCUT2D eigenvalue weighted by Crippen LogP contribution is 2.08. The van der Waals surface area contributed by atoms with Gasteiger partial charge in [-0.2, -0.15) is 0 Å². The summed E-state index contributed by atoms with van der Waals surface area (Å²) in [6, 6.07) is 1.79. The van der Waals surface area contributed by atoms with Crippen LogP contribution in [0.5, 0.6) is 0 Å². The third-order valence-corrected chi connectivity index (χ3v) is 1.02. The second kappa shape index (κ2) is 2.01. The number of furan rings is 1. The molecular weight excluding hydrogens is 104 g/mol. The van der Waals surface area contributed by atoms with Gasteiger partial charge < -0.3 is 9.52 Å². The van der Waals surface area contributed by atoms with Crippen LogP contribution < -0.4 is 0 Å². The van der Waals surface area contributed by atoms with Crippen molar-refractivity contribution in [2.45, 2.75) is 6.92 Å². The highest BCUT2D eigenvalue weighted by Gasteiger charge is 1.96. The SMILES string of the molecule is Cc1ccoc1[CH]O. The molecule has 1 aromatic rings. The topological polar surface area (TPSA) is 33.4 Å². The molecule has 0 aliphatic heterocycles. The molecule has 0 aliphatic rings. The summed E-state index contributed by atoms with van der Waals surface area (Å²) in [6.45, 7) is 2.82. The second-order valence-corrected chi connectivity index (χ2v) is 1.60. The van der Waals surface area contributed by atoms with Crippen LogP contribution in [0.3, 0.4) is 0 Å². The summed E-state index contributed by atoms with van der Waals surface area (Å²) < 4.78 is 4.81. The van der Waals surface area contributed by atoms with Gasteiger partial charge in [-0.1, -0.05) is 0 Å². The minimum atomic E-state index is 0.532. The quantitative estimate of drug-likeness (QED) is 0.595. The van der Waals surface area contributed by atoms with Crippen molar-refractivity contribution in [3.05, 3.63) is 30.3 Å². The summed E-state index contributed by atoms with van der Waals surface area (Å²) in [5.74, 6) is 0.532. The van der Waals surface area contributed by atoms with Crippen LogP contribution in [0, 0.1) is 13.5 Å². The zero-order valence-electron chi connectivity index (χ0n) is 4.59. The fraction of sp³-hybridized carbons (Fsp3) is 0.167. The second-order valence-electron chi connectivity index (χ2n) is 1.60. The first-order valence-corrected chi connectivity index (χ1v) is 2.36. The van der Waals surface area contributed by atoms with Crippen molar-refractivity contribution in [2.75, 3.05) is 0 Å². The van der Waals surface area contributed by atoms with Crippen molar-refractivity contribution in [3.63, 3.8) is 0 Å². The first-order chi connectivity index (χ1) is 3.84. The molecule has 8 heavy (non-hydrogen) atoms. The number of aliphatic hydroxyl groups is 1. The maximum atomic E-state index is 8.39. The van der Waals surface area contributed by atoms with E-state index in [0.29, 0.717) is 5.76 Å². The lowest BCUT2D eigenvalue weighted by Gasteiger charge is -1.85. The highest BCUT2D eigenvalue weighted by molar-refractivity contribution is 5.18. The summed E-state index contributed by atoms with van der Waals surface area (Å²) in [6.07, 6.45) is 1.54. The first-order valence-electron chi connectivity index (χ1n) is 2.36. The van der Waals surface area contributed by atoms with Gasteiger partial charge in [0.2, 0.25) is 0 Å². The van der Waals surface area contributed by atoms with E-state index in [4.69, 9.17) is 9.52 Å². The van der Waals surface area contributed by atoms with E-state index in [0.717, 1.165) is 12.2 Å². The van der Waals surface area contributed by atoms with Gasteiger partial charge in [-0.3, -0.25) is 0 Å². The lowest BCUT2D eigenvalue weighted by atomic mass is 10.3. The van der Waals surface area contributed by atoms with Crippen LogP contribution in [0.4, 0.5) is 0 Å². The summed E-state index contributed by atoms with van der Waals surface area (Å²) in [5, 5.41) is 8.39. The van der Waals surface area contributed by atoms with Crippen LogP contribution in [-0.2, 0) is 0 Å². The minimum Gasteiger partial charge on any atom is -0.466 e. The third-order valence-electron chi connectivity index (χ3n) is 1.02. The monoisotopic (exact) mass is 111 g/mol. The molecule has 1 heterocycles. The van der Waals surface area contributed by atoms with E-state index < -0.39 is 0 Å². The molecule has 0 fully saturated rings. The van der Waals surface area contributed by atoms with Crippen LogP contribution in [0.1, 0.15) is 11.3 Å². The van der Waals surface area contributed by atoms with Gasteiger partial charge in [-0.05, 0) is 18.6 Å². The number of rotatable bonds is 1.